The molecule has 3 nitrogen and oxygen atoms in total. The van der Waals surface area contributed by atoms with Crippen molar-refractivity contribution in [2.24, 2.45) is 0 Å². The summed E-state index contributed by atoms with van der Waals surface area (Å²) in [5, 5.41) is 0. The quantitative estimate of drug-likeness (QED) is 0.823. The third-order valence-corrected chi connectivity index (χ3v) is 4.40. The zero-order valence-corrected chi connectivity index (χ0v) is 10.1. The summed E-state index contributed by atoms with van der Waals surface area (Å²) >= 11 is 0. The fourth-order valence-electron chi connectivity index (χ4n) is 1.53. The molecule has 0 aliphatic heterocycles. The molecule has 0 bridgehead atoms. The molecule has 84 valence electrons. The zero-order chi connectivity index (χ0) is 11.3. The second-order valence-corrected chi connectivity index (χ2v) is 5.47. The Labute approximate surface area is 92.2 Å². The van der Waals surface area contributed by atoms with E-state index >= 15 is 0 Å². The van der Waals surface area contributed by atoms with E-state index in [4.69, 9.17) is 4.78 Å². The normalized spacial score (nSPS) is 15.1. The Balaban J connectivity index is 2.81. The molecule has 1 rings (SSSR count). The maximum Gasteiger partial charge on any atom is 0.112 e. The van der Waals surface area contributed by atoms with E-state index in [0.717, 1.165) is 5.56 Å². The molecule has 1 atom stereocenters. The van der Waals surface area contributed by atoms with Gasteiger partial charge in [0.15, 0.2) is 0 Å². The van der Waals surface area contributed by atoms with Crippen molar-refractivity contribution >= 4 is 9.92 Å². The molecule has 0 saturated carbocycles. The van der Waals surface area contributed by atoms with Gasteiger partial charge in [0.2, 0.25) is 0 Å². The summed E-state index contributed by atoms with van der Waals surface area (Å²) in [5.41, 5.74) is 0.962. The van der Waals surface area contributed by atoms with Crippen molar-refractivity contribution in [2.45, 2.75) is 19.6 Å². The Morgan fingerprint density at radius 3 is 2.20 bits per heavy atom. The number of benzene rings is 1. The average molecular weight is 226 g/mol. The molecule has 0 saturated heterocycles. The highest BCUT2D eigenvalue weighted by Crippen LogP contribution is 2.10. The average Bonchev–Trinajstić information content (AvgIpc) is 2.19. The summed E-state index contributed by atoms with van der Waals surface area (Å²) in [6.45, 7) is 5.18. The van der Waals surface area contributed by atoms with E-state index in [1.807, 2.05) is 44.2 Å². The smallest absolute Gasteiger partial charge is 0.112 e. The van der Waals surface area contributed by atoms with Crippen LogP contribution in [0.25, 0.3) is 0 Å². The van der Waals surface area contributed by atoms with Crippen molar-refractivity contribution < 1.29 is 4.21 Å². The lowest BCUT2D eigenvalue weighted by Crippen LogP contribution is -2.30. The SMILES string of the molecule is CCN(CC)S(=N)(=O)Cc1ccccc1. The molecule has 4 heteroatoms. The molecule has 1 aromatic rings. The van der Waals surface area contributed by atoms with E-state index in [-0.39, 0.29) is 0 Å². The molecular formula is C11H18N2OS. The van der Waals surface area contributed by atoms with Gasteiger partial charge in [0.1, 0.15) is 9.92 Å². The predicted octanol–water partition coefficient (Wildman–Crippen LogP) is 2.49. The summed E-state index contributed by atoms with van der Waals surface area (Å²) in [6.07, 6.45) is 0. The minimum Gasteiger partial charge on any atom is -0.240 e. The number of nitrogens with zero attached hydrogens (tertiary/aromatic N) is 1. The van der Waals surface area contributed by atoms with Gasteiger partial charge in [-0.2, -0.15) is 0 Å². The van der Waals surface area contributed by atoms with Crippen molar-refractivity contribution in [1.82, 2.24) is 4.31 Å². The van der Waals surface area contributed by atoms with Gasteiger partial charge in [-0.25, -0.2) is 13.3 Å². The van der Waals surface area contributed by atoms with Gasteiger partial charge in [-0.05, 0) is 5.56 Å². The van der Waals surface area contributed by atoms with Crippen LogP contribution in [-0.2, 0) is 15.7 Å². The molecule has 1 aromatic carbocycles. The van der Waals surface area contributed by atoms with Crippen molar-refractivity contribution in [3.8, 4) is 0 Å². The van der Waals surface area contributed by atoms with E-state index < -0.39 is 9.92 Å². The van der Waals surface area contributed by atoms with E-state index in [0.29, 0.717) is 18.8 Å². The van der Waals surface area contributed by atoms with Crippen molar-refractivity contribution in [3.63, 3.8) is 0 Å². The van der Waals surface area contributed by atoms with Crippen molar-refractivity contribution in [2.75, 3.05) is 13.1 Å². The molecule has 0 aliphatic rings. The molecule has 0 fully saturated rings. The molecule has 0 aromatic heterocycles. The highest BCUT2D eigenvalue weighted by Gasteiger charge is 2.14. The highest BCUT2D eigenvalue weighted by molar-refractivity contribution is 7.89. The molecule has 1 unspecified atom stereocenters. The van der Waals surface area contributed by atoms with Gasteiger partial charge in [0.25, 0.3) is 0 Å². The molecule has 0 amide bonds. The van der Waals surface area contributed by atoms with Crippen LogP contribution in [0.4, 0.5) is 0 Å². The lowest BCUT2D eigenvalue weighted by Gasteiger charge is -2.21. The summed E-state index contributed by atoms with van der Waals surface area (Å²) < 4.78 is 21.7. The summed E-state index contributed by atoms with van der Waals surface area (Å²) in [7, 11) is -2.64. The topological polar surface area (TPSA) is 44.2 Å². The van der Waals surface area contributed by atoms with Crippen LogP contribution >= 0.6 is 0 Å². The van der Waals surface area contributed by atoms with Crippen LogP contribution in [0.15, 0.2) is 30.3 Å². The fraction of sp³-hybridized carbons (Fsp3) is 0.455. The maximum atomic E-state index is 12.1. The lowest BCUT2D eigenvalue weighted by molar-refractivity contribution is 0.479. The van der Waals surface area contributed by atoms with E-state index in [1.54, 1.807) is 4.31 Å². The number of rotatable bonds is 5. The summed E-state index contributed by atoms with van der Waals surface area (Å²) in [5.74, 6) is 0.315. The first-order valence-corrected chi connectivity index (χ1v) is 6.84. The van der Waals surface area contributed by atoms with Crippen molar-refractivity contribution in [3.05, 3.63) is 35.9 Å². The molecule has 15 heavy (non-hydrogen) atoms. The van der Waals surface area contributed by atoms with Crippen LogP contribution in [0.5, 0.6) is 0 Å². The van der Waals surface area contributed by atoms with Gasteiger partial charge in [-0.15, -0.1) is 0 Å². The highest BCUT2D eigenvalue weighted by atomic mass is 32.2. The summed E-state index contributed by atoms with van der Waals surface area (Å²) in [4.78, 5) is 0. The molecule has 0 aliphatic carbocycles. The van der Waals surface area contributed by atoms with Gasteiger partial charge in [0, 0.05) is 13.1 Å². The monoisotopic (exact) mass is 226 g/mol. The fourth-order valence-corrected chi connectivity index (χ4v) is 3.19. The summed E-state index contributed by atoms with van der Waals surface area (Å²) in [6, 6.07) is 9.57. The number of nitrogens with one attached hydrogen (secondary N) is 1. The van der Waals surface area contributed by atoms with Gasteiger partial charge in [0.05, 0.1) is 5.75 Å². The molecular weight excluding hydrogens is 208 g/mol. The maximum absolute atomic E-state index is 12.1. The third kappa shape index (κ3) is 3.32. The second-order valence-electron chi connectivity index (χ2n) is 3.38. The minimum atomic E-state index is -2.64. The Morgan fingerprint density at radius 1 is 1.20 bits per heavy atom. The Morgan fingerprint density at radius 2 is 1.73 bits per heavy atom. The van der Waals surface area contributed by atoms with Crippen LogP contribution in [0, 0.1) is 4.78 Å². The van der Waals surface area contributed by atoms with Crippen LogP contribution < -0.4 is 0 Å². The standard InChI is InChI=1S/C11H18N2OS/c1-3-13(4-2)15(12,14)10-11-8-6-5-7-9-11/h5-9,12H,3-4,10H2,1-2H3. The lowest BCUT2D eigenvalue weighted by atomic mass is 10.2. The predicted molar refractivity (Wildman–Crippen MR) is 63.9 cm³/mol. The van der Waals surface area contributed by atoms with Crippen molar-refractivity contribution in [1.29, 1.82) is 4.78 Å². The zero-order valence-electron chi connectivity index (χ0n) is 9.27. The van der Waals surface area contributed by atoms with Crippen LogP contribution in [-0.4, -0.2) is 21.6 Å². The second kappa shape index (κ2) is 5.28. The first-order chi connectivity index (χ1) is 7.10. The van der Waals surface area contributed by atoms with Crippen LogP contribution in [0.2, 0.25) is 0 Å². The molecule has 0 heterocycles. The van der Waals surface area contributed by atoms with Crippen LogP contribution in [0.3, 0.4) is 0 Å². The van der Waals surface area contributed by atoms with E-state index in [1.165, 1.54) is 0 Å². The first kappa shape index (κ1) is 12.2. The van der Waals surface area contributed by atoms with Gasteiger partial charge >= 0.3 is 0 Å². The van der Waals surface area contributed by atoms with Gasteiger partial charge in [-0.1, -0.05) is 44.2 Å². The minimum absolute atomic E-state index is 0.315. The van der Waals surface area contributed by atoms with Crippen LogP contribution in [0.1, 0.15) is 19.4 Å². The largest absolute Gasteiger partial charge is 0.240 e. The third-order valence-electron chi connectivity index (χ3n) is 2.33. The Hall–Kier alpha value is -0.870. The van der Waals surface area contributed by atoms with Gasteiger partial charge in [-0.3, -0.25) is 0 Å². The molecule has 0 radical (unpaired) electrons. The number of hydrogen-bond donors (Lipinski definition) is 1. The Kier molecular flexibility index (Phi) is 4.29. The first-order valence-electron chi connectivity index (χ1n) is 5.15. The number of hydrogen-bond acceptors (Lipinski definition) is 2. The Bertz CT molecular complexity index is 382. The molecule has 0 spiro atoms. The van der Waals surface area contributed by atoms with E-state index in [2.05, 4.69) is 0 Å². The molecule has 1 N–H and O–H groups in total. The van der Waals surface area contributed by atoms with E-state index in [9.17, 15) is 4.21 Å². The van der Waals surface area contributed by atoms with Gasteiger partial charge < -0.3 is 0 Å².